The lowest BCUT2D eigenvalue weighted by Crippen LogP contribution is -2.52. The number of halogens is 1. The summed E-state index contributed by atoms with van der Waals surface area (Å²) in [6.45, 7) is 7.43. The van der Waals surface area contributed by atoms with Crippen LogP contribution in [0.5, 0.6) is 5.75 Å². The molecule has 0 unspecified atom stereocenters. The van der Waals surface area contributed by atoms with Crippen molar-refractivity contribution in [1.82, 2.24) is 10.2 Å². The number of benzene rings is 1. The fourth-order valence-corrected chi connectivity index (χ4v) is 2.54. The first-order valence-electron chi connectivity index (χ1n) is 8.36. The van der Waals surface area contributed by atoms with Crippen LogP contribution in [0.4, 0.5) is 4.79 Å². The average molecular weight is 369 g/mol. The van der Waals surface area contributed by atoms with Crippen molar-refractivity contribution in [3.63, 3.8) is 0 Å². The first-order valence-corrected chi connectivity index (χ1v) is 8.74. The topological polar surface area (TPSA) is 67.9 Å². The van der Waals surface area contributed by atoms with Gasteiger partial charge in [-0.1, -0.05) is 11.6 Å². The van der Waals surface area contributed by atoms with Gasteiger partial charge in [0.15, 0.2) is 6.61 Å². The fourth-order valence-electron chi connectivity index (χ4n) is 2.42. The van der Waals surface area contributed by atoms with Gasteiger partial charge in [-0.15, -0.1) is 0 Å². The van der Waals surface area contributed by atoms with Crippen LogP contribution in [-0.2, 0) is 9.53 Å². The largest absolute Gasteiger partial charge is 0.484 e. The van der Waals surface area contributed by atoms with Crippen molar-refractivity contribution in [2.45, 2.75) is 32.8 Å². The fraction of sp³-hybridized carbons (Fsp3) is 0.556. The lowest BCUT2D eigenvalue weighted by molar-refractivity contribution is -0.139. The highest BCUT2D eigenvalue weighted by Crippen LogP contribution is 2.20. The molecule has 1 N–H and O–H groups in total. The maximum Gasteiger partial charge on any atom is 0.407 e. The molecule has 0 spiro atoms. The van der Waals surface area contributed by atoms with Crippen LogP contribution >= 0.6 is 11.6 Å². The molecule has 6 nitrogen and oxygen atoms in total. The van der Waals surface area contributed by atoms with Crippen LogP contribution in [0.1, 0.15) is 27.2 Å². The summed E-state index contributed by atoms with van der Waals surface area (Å²) >= 11 is 5.80. The van der Waals surface area contributed by atoms with Crippen molar-refractivity contribution in [3.8, 4) is 5.75 Å². The van der Waals surface area contributed by atoms with Gasteiger partial charge in [-0.25, -0.2) is 4.79 Å². The zero-order chi connectivity index (χ0) is 18.4. The summed E-state index contributed by atoms with van der Waals surface area (Å²) in [7, 11) is 0. The molecule has 0 saturated carbocycles. The number of carbonyl (C=O) groups is 2. The normalized spacial score (nSPS) is 14.6. The summed E-state index contributed by atoms with van der Waals surface area (Å²) in [5, 5.41) is 3.36. The van der Waals surface area contributed by atoms with Gasteiger partial charge in [0.1, 0.15) is 11.4 Å². The Morgan fingerprint density at radius 1 is 1.24 bits per heavy atom. The van der Waals surface area contributed by atoms with E-state index in [0.29, 0.717) is 36.3 Å². The summed E-state index contributed by atoms with van der Waals surface area (Å²) in [4.78, 5) is 25.3. The Labute approximate surface area is 153 Å². The summed E-state index contributed by atoms with van der Waals surface area (Å²) in [6, 6.07) is 6.91. The Kier molecular flexibility index (Phi) is 6.53. The highest BCUT2D eigenvalue weighted by atomic mass is 35.5. The number of ether oxygens (including phenoxy) is 2. The van der Waals surface area contributed by atoms with Gasteiger partial charge >= 0.3 is 6.09 Å². The third-order valence-electron chi connectivity index (χ3n) is 3.71. The Morgan fingerprint density at radius 3 is 2.48 bits per heavy atom. The Balaban J connectivity index is 1.58. The van der Waals surface area contributed by atoms with Crippen molar-refractivity contribution in [1.29, 1.82) is 0 Å². The summed E-state index contributed by atoms with van der Waals surface area (Å²) < 4.78 is 10.6. The van der Waals surface area contributed by atoms with E-state index in [0.717, 1.165) is 6.42 Å². The Hall–Kier alpha value is -1.95. The van der Waals surface area contributed by atoms with E-state index in [1.165, 1.54) is 0 Å². The molecule has 2 rings (SSSR count). The average Bonchev–Trinajstić information content (AvgIpc) is 2.47. The van der Waals surface area contributed by atoms with Gasteiger partial charge < -0.3 is 19.7 Å². The molecule has 0 bridgehead atoms. The van der Waals surface area contributed by atoms with Crippen molar-refractivity contribution < 1.29 is 19.1 Å². The predicted molar refractivity (Wildman–Crippen MR) is 95.9 cm³/mol. The van der Waals surface area contributed by atoms with Crippen molar-refractivity contribution in [2.24, 2.45) is 5.92 Å². The SMILES string of the molecule is CC(C)(C)OC(=O)NCCC1CN(C(=O)COc2ccc(Cl)cc2)C1. The lowest BCUT2D eigenvalue weighted by Gasteiger charge is -2.39. The second-order valence-electron chi connectivity index (χ2n) is 7.12. The van der Waals surface area contributed by atoms with Gasteiger partial charge in [-0.05, 0) is 57.4 Å². The van der Waals surface area contributed by atoms with Crippen LogP contribution < -0.4 is 10.1 Å². The Morgan fingerprint density at radius 2 is 1.88 bits per heavy atom. The molecule has 1 aromatic carbocycles. The standard InChI is InChI=1S/C18H25ClN2O4/c1-18(2,3)25-17(23)20-9-8-13-10-21(11-13)16(22)12-24-15-6-4-14(19)5-7-15/h4-7,13H,8-12H2,1-3H3,(H,20,23). The van der Waals surface area contributed by atoms with Crippen molar-refractivity contribution in [2.75, 3.05) is 26.2 Å². The molecule has 1 aromatic rings. The number of rotatable bonds is 6. The molecule has 0 radical (unpaired) electrons. The monoisotopic (exact) mass is 368 g/mol. The van der Waals surface area contributed by atoms with Gasteiger partial charge in [0.05, 0.1) is 0 Å². The highest BCUT2D eigenvalue weighted by molar-refractivity contribution is 6.30. The van der Waals surface area contributed by atoms with E-state index in [-0.39, 0.29) is 12.5 Å². The van der Waals surface area contributed by atoms with Crippen LogP contribution in [-0.4, -0.2) is 48.7 Å². The van der Waals surface area contributed by atoms with Crippen LogP contribution in [0.2, 0.25) is 5.02 Å². The van der Waals surface area contributed by atoms with Crippen LogP contribution in [0.25, 0.3) is 0 Å². The molecule has 138 valence electrons. The van der Waals surface area contributed by atoms with E-state index in [1.54, 1.807) is 29.2 Å². The number of alkyl carbamates (subject to hydrolysis) is 1. The number of carbonyl (C=O) groups excluding carboxylic acids is 2. The van der Waals surface area contributed by atoms with E-state index in [2.05, 4.69) is 5.32 Å². The number of hydrogen-bond donors (Lipinski definition) is 1. The molecule has 2 amide bonds. The van der Waals surface area contributed by atoms with Gasteiger partial charge in [-0.2, -0.15) is 0 Å². The van der Waals surface area contributed by atoms with E-state index >= 15 is 0 Å². The highest BCUT2D eigenvalue weighted by Gasteiger charge is 2.30. The summed E-state index contributed by atoms with van der Waals surface area (Å²) in [6.07, 6.45) is 0.414. The predicted octanol–water partition coefficient (Wildman–Crippen LogP) is 3.09. The van der Waals surface area contributed by atoms with Crippen LogP contribution in [0.15, 0.2) is 24.3 Å². The molecular formula is C18H25ClN2O4. The lowest BCUT2D eigenvalue weighted by atomic mass is 9.96. The molecule has 0 aromatic heterocycles. The van der Waals surface area contributed by atoms with Crippen molar-refractivity contribution >= 4 is 23.6 Å². The molecule has 1 aliphatic rings. The molecule has 0 atom stereocenters. The second-order valence-corrected chi connectivity index (χ2v) is 7.56. The summed E-state index contributed by atoms with van der Waals surface area (Å²) in [5.41, 5.74) is -0.492. The van der Waals surface area contributed by atoms with E-state index < -0.39 is 11.7 Å². The van der Waals surface area contributed by atoms with Crippen molar-refractivity contribution in [3.05, 3.63) is 29.3 Å². The maximum absolute atomic E-state index is 12.0. The minimum atomic E-state index is -0.492. The van der Waals surface area contributed by atoms with Gasteiger partial charge in [-0.3, -0.25) is 4.79 Å². The molecular weight excluding hydrogens is 344 g/mol. The maximum atomic E-state index is 12.0. The molecule has 25 heavy (non-hydrogen) atoms. The summed E-state index contributed by atoms with van der Waals surface area (Å²) in [5.74, 6) is 0.983. The van der Waals surface area contributed by atoms with Gasteiger partial charge in [0.25, 0.3) is 5.91 Å². The third-order valence-corrected chi connectivity index (χ3v) is 3.96. The Bertz CT molecular complexity index is 592. The molecule has 1 heterocycles. The first kappa shape index (κ1) is 19.4. The number of hydrogen-bond acceptors (Lipinski definition) is 4. The molecule has 1 saturated heterocycles. The van der Waals surface area contributed by atoms with E-state index in [1.807, 2.05) is 20.8 Å². The van der Waals surface area contributed by atoms with Gasteiger partial charge in [0, 0.05) is 24.7 Å². The smallest absolute Gasteiger partial charge is 0.407 e. The molecule has 1 aliphatic heterocycles. The van der Waals surface area contributed by atoms with Crippen LogP contribution in [0.3, 0.4) is 0 Å². The first-order chi connectivity index (χ1) is 11.7. The second kappa shape index (κ2) is 8.43. The molecule has 7 heteroatoms. The zero-order valence-electron chi connectivity index (χ0n) is 14.9. The zero-order valence-corrected chi connectivity index (χ0v) is 15.6. The minimum Gasteiger partial charge on any atom is -0.484 e. The third kappa shape index (κ3) is 6.82. The molecule has 0 aliphatic carbocycles. The van der Waals surface area contributed by atoms with Crippen LogP contribution in [0, 0.1) is 5.92 Å². The number of nitrogens with one attached hydrogen (secondary N) is 1. The van der Waals surface area contributed by atoms with Gasteiger partial charge in [0.2, 0.25) is 0 Å². The van der Waals surface area contributed by atoms with E-state index in [9.17, 15) is 9.59 Å². The number of nitrogens with zero attached hydrogens (tertiary/aromatic N) is 1. The number of amides is 2. The van der Waals surface area contributed by atoms with E-state index in [4.69, 9.17) is 21.1 Å². The number of likely N-dealkylation sites (tertiary alicyclic amines) is 1. The minimum absolute atomic E-state index is 0.0184. The molecule has 1 fully saturated rings. The quantitative estimate of drug-likeness (QED) is 0.837.